The van der Waals surface area contributed by atoms with Gasteiger partial charge in [-0.2, -0.15) is 0 Å². The molecule has 1 spiro atoms. The lowest BCUT2D eigenvalue weighted by Gasteiger charge is -2.51. The van der Waals surface area contributed by atoms with E-state index in [0.29, 0.717) is 5.41 Å². The maximum absolute atomic E-state index is 3.58. The smallest absolute Gasteiger partial charge is 0.00386 e. The molecule has 0 aliphatic carbocycles. The Morgan fingerprint density at radius 3 is 2.80 bits per heavy atom. The first-order chi connectivity index (χ1) is 7.14. The monoisotopic (exact) mass is 210 g/mol. The van der Waals surface area contributed by atoms with Crippen LogP contribution in [0.3, 0.4) is 0 Å². The van der Waals surface area contributed by atoms with E-state index in [9.17, 15) is 0 Å². The Hall–Kier alpha value is -0.0800. The predicted molar refractivity (Wildman–Crippen MR) is 65.0 cm³/mol. The first-order valence-electron chi connectivity index (χ1n) is 6.53. The SMILES string of the molecule is CC(C)C1CNCCC12CCCN(C)C2. The molecule has 2 saturated heterocycles. The van der Waals surface area contributed by atoms with Crippen molar-refractivity contribution in [1.29, 1.82) is 0 Å². The number of piperidine rings is 2. The molecule has 0 radical (unpaired) electrons. The van der Waals surface area contributed by atoms with Crippen molar-refractivity contribution in [2.75, 3.05) is 33.2 Å². The molecule has 2 fully saturated rings. The largest absolute Gasteiger partial charge is 0.316 e. The van der Waals surface area contributed by atoms with Gasteiger partial charge < -0.3 is 10.2 Å². The number of rotatable bonds is 1. The summed E-state index contributed by atoms with van der Waals surface area (Å²) in [5.74, 6) is 1.71. The van der Waals surface area contributed by atoms with E-state index in [0.717, 1.165) is 11.8 Å². The molecule has 88 valence electrons. The van der Waals surface area contributed by atoms with E-state index >= 15 is 0 Å². The van der Waals surface area contributed by atoms with Crippen LogP contribution in [-0.2, 0) is 0 Å². The molecule has 2 heteroatoms. The van der Waals surface area contributed by atoms with Gasteiger partial charge in [-0.25, -0.2) is 0 Å². The van der Waals surface area contributed by atoms with Gasteiger partial charge in [0.15, 0.2) is 0 Å². The van der Waals surface area contributed by atoms with Crippen molar-refractivity contribution in [1.82, 2.24) is 10.2 Å². The zero-order valence-corrected chi connectivity index (χ0v) is 10.6. The molecule has 2 aliphatic heterocycles. The fraction of sp³-hybridized carbons (Fsp3) is 1.00. The number of hydrogen-bond acceptors (Lipinski definition) is 2. The van der Waals surface area contributed by atoms with E-state index in [-0.39, 0.29) is 0 Å². The Balaban J connectivity index is 2.13. The minimum Gasteiger partial charge on any atom is -0.316 e. The molecule has 2 aliphatic rings. The van der Waals surface area contributed by atoms with Crippen LogP contribution in [0.2, 0.25) is 0 Å². The van der Waals surface area contributed by atoms with Gasteiger partial charge in [-0.3, -0.25) is 0 Å². The van der Waals surface area contributed by atoms with Gasteiger partial charge in [0.2, 0.25) is 0 Å². The number of nitrogens with zero attached hydrogens (tertiary/aromatic N) is 1. The van der Waals surface area contributed by atoms with Crippen molar-refractivity contribution in [2.24, 2.45) is 17.3 Å². The molecule has 0 bridgehead atoms. The zero-order valence-electron chi connectivity index (χ0n) is 10.6. The maximum Gasteiger partial charge on any atom is 0.00386 e. The fourth-order valence-electron chi connectivity index (χ4n) is 3.84. The first-order valence-corrected chi connectivity index (χ1v) is 6.53. The summed E-state index contributed by atoms with van der Waals surface area (Å²) in [7, 11) is 2.29. The van der Waals surface area contributed by atoms with Gasteiger partial charge in [0, 0.05) is 6.54 Å². The summed E-state index contributed by atoms with van der Waals surface area (Å²) in [5, 5.41) is 3.58. The molecule has 2 nitrogen and oxygen atoms in total. The number of nitrogens with one attached hydrogen (secondary N) is 1. The van der Waals surface area contributed by atoms with Gasteiger partial charge in [0.25, 0.3) is 0 Å². The minimum absolute atomic E-state index is 0.631. The van der Waals surface area contributed by atoms with Crippen LogP contribution in [0.4, 0.5) is 0 Å². The van der Waals surface area contributed by atoms with Crippen LogP contribution in [0.1, 0.15) is 33.1 Å². The van der Waals surface area contributed by atoms with Crippen LogP contribution in [0.5, 0.6) is 0 Å². The Bertz CT molecular complexity index is 211. The Labute approximate surface area is 94.4 Å². The fourth-order valence-corrected chi connectivity index (χ4v) is 3.84. The summed E-state index contributed by atoms with van der Waals surface area (Å²) in [4.78, 5) is 2.55. The van der Waals surface area contributed by atoms with Gasteiger partial charge >= 0.3 is 0 Å². The van der Waals surface area contributed by atoms with Crippen molar-refractivity contribution in [3.05, 3.63) is 0 Å². The molecule has 0 aromatic carbocycles. The second-order valence-corrected chi connectivity index (χ2v) is 6.01. The third-order valence-corrected chi connectivity index (χ3v) is 4.55. The van der Waals surface area contributed by atoms with Crippen molar-refractivity contribution < 1.29 is 0 Å². The molecular formula is C13H26N2. The van der Waals surface area contributed by atoms with E-state index < -0.39 is 0 Å². The second kappa shape index (κ2) is 4.42. The Kier molecular flexibility index (Phi) is 3.36. The predicted octanol–water partition coefficient (Wildman–Crippen LogP) is 1.96. The van der Waals surface area contributed by atoms with E-state index in [1.54, 1.807) is 0 Å². The Morgan fingerprint density at radius 1 is 1.33 bits per heavy atom. The van der Waals surface area contributed by atoms with Crippen LogP contribution >= 0.6 is 0 Å². The molecule has 15 heavy (non-hydrogen) atoms. The summed E-state index contributed by atoms with van der Waals surface area (Å²) < 4.78 is 0. The van der Waals surface area contributed by atoms with E-state index in [2.05, 4.69) is 31.1 Å². The highest BCUT2D eigenvalue weighted by Gasteiger charge is 2.43. The summed E-state index contributed by atoms with van der Waals surface area (Å²) in [6, 6.07) is 0. The Morgan fingerprint density at radius 2 is 2.13 bits per heavy atom. The van der Waals surface area contributed by atoms with Gasteiger partial charge in [-0.05, 0) is 63.2 Å². The van der Waals surface area contributed by atoms with Crippen LogP contribution in [-0.4, -0.2) is 38.1 Å². The molecule has 0 aromatic rings. The highest BCUT2D eigenvalue weighted by Crippen LogP contribution is 2.44. The normalized spacial score (nSPS) is 38.8. The standard InChI is InChI=1S/C13H26N2/c1-11(2)12-9-14-7-6-13(12)5-4-8-15(3)10-13/h11-12,14H,4-10H2,1-3H3. The molecule has 2 heterocycles. The van der Waals surface area contributed by atoms with Gasteiger partial charge in [0.05, 0.1) is 0 Å². The average molecular weight is 210 g/mol. The molecule has 1 N–H and O–H groups in total. The van der Waals surface area contributed by atoms with Crippen LogP contribution in [0, 0.1) is 17.3 Å². The van der Waals surface area contributed by atoms with Crippen molar-refractivity contribution in [2.45, 2.75) is 33.1 Å². The molecule has 0 aromatic heterocycles. The van der Waals surface area contributed by atoms with Crippen molar-refractivity contribution in [3.8, 4) is 0 Å². The first kappa shape index (κ1) is 11.4. The highest BCUT2D eigenvalue weighted by atomic mass is 15.1. The molecule has 2 rings (SSSR count). The van der Waals surface area contributed by atoms with Crippen molar-refractivity contribution in [3.63, 3.8) is 0 Å². The van der Waals surface area contributed by atoms with Crippen LogP contribution < -0.4 is 5.32 Å². The third kappa shape index (κ3) is 2.21. The van der Waals surface area contributed by atoms with E-state index in [1.165, 1.54) is 45.4 Å². The van der Waals surface area contributed by atoms with Gasteiger partial charge in [-0.15, -0.1) is 0 Å². The lowest BCUT2D eigenvalue weighted by molar-refractivity contribution is -0.000162. The summed E-state index contributed by atoms with van der Waals surface area (Å²) in [6.45, 7) is 9.90. The summed E-state index contributed by atoms with van der Waals surface area (Å²) in [6.07, 6.45) is 4.25. The quantitative estimate of drug-likeness (QED) is 0.712. The van der Waals surface area contributed by atoms with Crippen LogP contribution in [0.15, 0.2) is 0 Å². The minimum atomic E-state index is 0.631. The number of hydrogen-bond donors (Lipinski definition) is 1. The second-order valence-electron chi connectivity index (χ2n) is 6.01. The molecule has 0 saturated carbocycles. The van der Waals surface area contributed by atoms with E-state index in [4.69, 9.17) is 0 Å². The average Bonchev–Trinajstić information content (AvgIpc) is 2.17. The lowest BCUT2D eigenvalue weighted by atomic mass is 9.62. The topological polar surface area (TPSA) is 15.3 Å². The number of likely N-dealkylation sites (tertiary alicyclic amines) is 1. The van der Waals surface area contributed by atoms with Gasteiger partial charge in [-0.1, -0.05) is 13.8 Å². The third-order valence-electron chi connectivity index (χ3n) is 4.55. The van der Waals surface area contributed by atoms with E-state index in [1.807, 2.05) is 0 Å². The van der Waals surface area contributed by atoms with Crippen molar-refractivity contribution >= 4 is 0 Å². The summed E-state index contributed by atoms with van der Waals surface area (Å²) >= 11 is 0. The maximum atomic E-state index is 3.58. The molecular weight excluding hydrogens is 184 g/mol. The lowest BCUT2D eigenvalue weighted by Crippen LogP contribution is -2.54. The molecule has 2 atom stereocenters. The molecule has 2 unspecified atom stereocenters. The molecule has 0 amide bonds. The highest BCUT2D eigenvalue weighted by molar-refractivity contribution is 4.96. The van der Waals surface area contributed by atoms with Gasteiger partial charge in [0.1, 0.15) is 0 Å². The van der Waals surface area contributed by atoms with Crippen LogP contribution in [0.25, 0.3) is 0 Å². The summed E-state index contributed by atoms with van der Waals surface area (Å²) in [5.41, 5.74) is 0.631. The zero-order chi connectivity index (χ0) is 10.9.